The van der Waals surface area contributed by atoms with Crippen LogP contribution in [0.25, 0.3) is 0 Å². The number of pyridine rings is 1. The van der Waals surface area contributed by atoms with E-state index in [1.165, 1.54) is 7.11 Å². The molecule has 0 bridgehead atoms. The molecular weight excluding hydrogens is 216 g/mol. The first-order valence-corrected chi connectivity index (χ1v) is 5.77. The van der Waals surface area contributed by atoms with Crippen molar-refractivity contribution in [2.45, 2.75) is 19.4 Å². The lowest BCUT2D eigenvalue weighted by Gasteiger charge is -2.29. The molecule has 0 spiro atoms. The van der Waals surface area contributed by atoms with Crippen LogP contribution in [-0.2, 0) is 9.53 Å². The van der Waals surface area contributed by atoms with Crippen LogP contribution in [0.2, 0.25) is 0 Å². The zero-order chi connectivity index (χ0) is 12.8. The quantitative estimate of drug-likeness (QED) is 0.732. The van der Waals surface area contributed by atoms with E-state index in [0.29, 0.717) is 0 Å². The summed E-state index contributed by atoms with van der Waals surface area (Å²) < 4.78 is 4.86. The molecular formula is C13H20N2O2. The first-order chi connectivity index (χ1) is 8.11. The molecule has 0 aliphatic carbocycles. The number of hydrogen-bond donors (Lipinski definition) is 0. The molecule has 0 aliphatic rings. The molecule has 1 aromatic heterocycles. The van der Waals surface area contributed by atoms with Gasteiger partial charge in [-0.1, -0.05) is 13.0 Å². The van der Waals surface area contributed by atoms with Crippen LogP contribution in [0.15, 0.2) is 24.4 Å². The van der Waals surface area contributed by atoms with E-state index in [1.54, 1.807) is 6.20 Å². The van der Waals surface area contributed by atoms with Crippen molar-refractivity contribution < 1.29 is 9.53 Å². The number of aromatic nitrogens is 1. The van der Waals surface area contributed by atoms with Gasteiger partial charge in [0.1, 0.15) is 0 Å². The summed E-state index contributed by atoms with van der Waals surface area (Å²) in [5, 5.41) is 0. The molecule has 1 rings (SSSR count). The van der Waals surface area contributed by atoms with Gasteiger partial charge in [-0.05, 0) is 32.6 Å². The third kappa shape index (κ3) is 3.27. The number of esters is 1. The highest BCUT2D eigenvalue weighted by atomic mass is 16.5. The van der Waals surface area contributed by atoms with Crippen LogP contribution in [-0.4, -0.2) is 37.1 Å². The van der Waals surface area contributed by atoms with E-state index >= 15 is 0 Å². The molecule has 0 N–H and O–H groups in total. The zero-order valence-corrected chi connectivity index (χ0v) is 10.9. The molecule has 4 nitrogen and oxygen atoms in total. The SMILES string of the molecule is CCC(C(=O)OC)C(c1ccccn1)N(C)C. The molecule has 0 saturated heterocycles. The molecule has 0 aliphatic heterocycles. The highest BCUT2D eigenvalue weighted by molar-refractivity contribution is 5.73. The second-order valence-electron chi connectivity index (χ2n) is 4.20. The third-order valence-electron chi connectivity index (χ3n) is 2.87. The molecule has 0 fully saturated rings. The van der Waals surface area contributed by atoms with Crippen molar-refractivity contribution in [3.8, 4) is 0 Å². The number of hydrogen-bond acceptors (Lipinski definition) is 4. The minimum atomic E-state index is -0.190. The lowest BCUT2D eigenvalue weighted by atomic mass is 9.93. The highest BCUT2D eigenvalue weighted by Gasteiger charge is 2.31. The van der Waals surface area contributed by atoms with Crippen LogP contribution in [0.4, 0.5) is 0 Å². The van der Waals surface area contributed by atoms with Crippen molar-refractivity contribution in [3.63, 3.8) is 0 Å². The minimum absolute atomic E-state index is 0.0475. The van der Waals surface area contributed by atoms with Gasteiger partial charge in [0, 0.05) is 6.20 Å². The third-order valence-corrected chi connectivity index (χ3v) is 2.87. The second kappa shape index (κ2) is 6.35. The Morgan fingerprint density at radius 2 is 2.18 bits per heavy atom. The van der Waals surface area contributed by atoms with Gasteiger partial charge < -0.3 is 9.64 Å². The van der Waals surface area contributed by atoms with Gasteiger partial charge in [-0.25, -0.2) is 0 Å². The second-order valence-corrected chi connectivity index (χ2v) is 4.20. The van der Waals surface area contributed by atoms with Gasteiger partial charge in [0.15, 0.2) is 0 Å². The van der Waals surface area contributed by atoms with Gasteiger partial charge in [-0.15, -0.1) is 0 Å². The van der Waals surface area contributed by atoms with E-state index in [2.05, 4.69) is 4.98 Å². The molecule has 94 valence electrons. The Kier molecular flexibility index (Phi) is 5.10. The van der Waals surface area contributed by atoms with Crippen LogP contribution >= 0.6 is 0 Å². The van der Waals surface area contributed by atoms with E-state index in [4.69, 9.17) is 4.74 Å². The average Bonchev–Trinajstić information content (AvgIpc) is 2.35. The Morgan fingerprint density at radius 3 is 2.59 bits per heavy atom. The summed E-state index contributed by atoms with van der Waals surface area (Å²) in [5.41, 5.74) is 0.898. The number of rotatable bonds is 5. The summed E-state index contributed by atoms with van der Waals surface area (Å²) in [6.45, 7) is 1.99. The Hall–Kier alpha value is -1.42. The van der Waals surface area contributed by atoms with Crippen LogP contribution in [0.5, 0.6) is 0 Å². The van der Waals surface area contributed by atoms with Crippen LogP contribution in [0, 0.1) is 5.92 Å². The Labute approximate surface area is 103 Å². The van der Waals surface area contributed by atoms with Crippen molar-refractivity contribution >= 4 is 5.97 Å². The summed E-state index contributed by atoms with van der Waals surface area (Å²) >= 11 is 0. The molecule has 0 saturated carbocycles. The predicted molar refractivity (Wildman–Crippen MR) is 66.5 cm³/mol. The van der Waals surface area contributed by atoms with Crippen molar-refractivity contribution in [3.05, 3.63) is 30.1 Å². The largest absolute Gasteiger partial charge is 0.469 e. The maximum absolute atomic E-state index is 11.8. The molecule has 2 unspecified atom stereocenters. The summed E-state index contributed by atoms with van der Waals surface area (Å²) in [6, 6.07) is 5.70. The van der Waals surface area contributed by atoms with Crippen molar-refractivity contribution in [2.75, 3.05) is 21.2 Å². The van der Waals surface area contributed by atoms with E-state index in [1.807, 2.05) is 44.1 Å². The Morgan fingerprint density at radius 1 is 1.47 bits per heavy atom. The van der Waals surface area contributed by atoms with Crippen LogP contribution in [0.1, 0.15) is 25.1 Å². The standard InChI is InChI=1S/C13H20N2O2/c1-5-10(13(16)17-4)12(15(2)3)11-8-6-7-9-14-11/h6-10,12H,5H2,1-4H3. The lowest BCUT2D eigenvalue weighted by Crippen LogP contribution is -2.33. The van der Waals surface area contributed by atoms with Crippen molar-refractivity contribution in [1.29, 1.82) is 0 Å². The monoisotopic (exact) mass is 236 g/mol. The van der Waals surface area contributed by atoms with Crippen molar-refractivity contribution in [2.24, 2.45) is 5.92 Å². The molecule has 17 heavy (non-hydrogen) atoms. The van der Waals surface area contributed by atoms with Gasteiger partial charge in [0.25, 0.3) is 0 Å². The maximum Gasteiger partial charge on any atom is 0.310 e. The summed E-state index contributed by atoms with van der Waals surface area (Å²) in [7, 11) is 5.33. The van der Waals surface area contributed by atoms with Crippen LogP contribution < -0.4 is 0 Å². The number of carbonyl (C=O) groups is 1. The zero-order valence-electron chi connectivity index (χ0n) is 10.9. The summed E-state index contributed by atoms with van der Waals surface area (Å²) in [5.74, 6) is -0.373. The van der Waals surface area contributed by atoms with E-state index in [0.717, 1.165) is 12.1 Å². The highest BCUT2D eigenvalue weighted by Crippen LogP contribution is 2.28. The Balaban J connectivity index is 3.04. The van der Waals surface area contributed by atoms with Gasteiger partial charge >= 0.3 is 5.97 Å². The number of ether oxygens (including phenoxy) is 1. The smallest absolute Gasteiger partial charge is 0.310 e. The van der Waals surface area contributed by atoms with Crippen LogP contribution in [0.3, 0.4) is 0 Å². The van der Waals surface area contributed by atoms with Gasteiger partial charge in [-0.2, -0.15) is 0 Å². The molecule has 0 amide bonds. The fraction of sp³-hybridized carbons (Fsp3) is 0.538. The number of carbonyl (C=O) groups excluding carboxylic acids is 1. The molecule has 1 aromatic rings. The maximum atomic E-state index is 11.8. The van der Waals surface area contributed by atoms with Gasteiger partial charge in [0.2, 0.25) is 0 Å². The number of methoxy groups -OCH3 is 1. The van der Waals surface area contributed by atoms with E-state index in [9.17, 15) is 4.79 Å². The fourth-order valence-corrected chi connectivity index (χ4v) is 2.05. The van der Waals surface area contributed by atoms with Crippen molar-refractivity contribution in [1.82, 2.24) is 9.88 Å². The fourth-order valence-electron chi connectivity index (χ4n) is 2.05. The topological polar surface area (TPSA) is 42.4 Å². The Bertz CT molecular complexity index is 352. The van der Waals surface area contributed by atoms with E-state index < -0.39 is 0 Å². The molecule has 4 heteroatoms. The van der Waals surface area contributed by atoms with Gasteiger partial charge in [-0.3, -0.25) is 9.78 Å². The minimum Gasteiger partial charge on any atom is -0.469 e. The summed E-state index contributed by atoms with van der Waals surface area (Å²) in [4.78, 5) is 18.1. The average molecular weight is 236 g/mol. The molecule has 0 radical (unpaired) electrons. The van der Waals surface area contributed by atoms with Gasteiger partial charge in [0.05, 0.1) is 24.8 Å². The lowest BCUT2D eigenvalue weighted by molar-refractivity contribution is -0.148. The normalized spacial score (nSPS) is 14.4. The van der Waals surface area contributed by atoms with E-state index in [-0.39, 0.29) is 17.9 Å². The first kappa shape index (κ1) is 13.6. The molecule has 2 atom stereocenters. The predicted octanol–water partition coefficient (Wildman–Crippen LogP) is 1.88. The number of nitrogens with zero attached hydrogens (tertiary/aromatic N) is 2. The molecule has 1 heterocycles. The summed E-state index contributed by atoms with van der Waals surface area (Å²) in [6.07, 6.45) is 2.47. The first-order valence-electron chi connectivity index (χ1n) is 5.77. The molecule has 0 aromatic carbocycles.